The number of aliphatic carboxylic acids is 1. The van der Waals surface area contributed by atoms with Crippen molar-refractivity contribution in [3.05, 3.63) is 40.5 Å². The Morgan fingerprint density at radius 3 is 2.26 bits per heavy atom. The van der Waals surface area contributed by atoms with Crippen molar-refractivity contribution in [2.24, 2.45) is 0 Å². The van der Waals surface area contributed by atoms with Gasteiger partial charge in [0.15, 0.2) is 0 Å². The average Bonchev–Trinajstić information content (AvgIpc) is 2.70. The molecule has 1 aliphatic rings. The first-order valence-electron chi connectivity index (χ1n) is 6.98. The molecule has 1 aliphatic carbocycles. The molecule has 1 atom stereocenters. The predicted molar refractivity (Wildman–Crippen MR) is 78.6 cm³/mol. The van der Waals surface area contributed by atoms with E-state index in [1.54, 1.807) is 0 Å². The highest BCUT2D eigenvalue weighted by Crippen LogP contribution is 2.41. The van der Waals surface area contributed by atoms with Gasteiger partial charge in [-0.15, -0.1) is 0 Å². The molecule has 1 aromatic rings. The van der Waals surface area contributed by atoms with E-state index >= 15 is 0 Å². The Balaban J connectivity index is 2.55. The molecule has 1 N–H and O–H groups in total. The smallest absolute Gasteiger partial charge is 0.304 e. The molecule has 0 bridgehead atoms. The van der Waals surface area contributed by atoms with Crippen molar-refractivity contribution in [2.45, 2.75) is 51.9 Å². The third kappa shape index (κ3) is 2.58. The molecule has 0 radical (unpaired) electrons. The van der Waals surface area contributed by atoms with Gasteiger partial charge in [-0.05, 0) is 34.1 Å². The Kier molecular flexibility index (Phi) is 3.79. The van der Waals surface area contributed by atoms with Crippen LogP contribution in [0.5, 0.6) is 0 Å². The standard InChI is InChI=1S/C17H22O2/c1-10(2)13-7-8-14(11(3)4)17-12(9-16(18)19)5-6-15(13)17/h5-8,10-12H,9H2,1-4H3,(H,18,19). The largest absolute Gasteiger partial charge is 0.481 e. The number of hydrogen-bond acceptors (Lipinski definition) is 1. The van der Waals surface area contributed by atoms with Crippen LogP contribution in [0.3, 0.4) is 0 Å². The van der Waals surface area contributed by atoms with Gasteiger partial charge in [0.25, 0.3) is 0 Å². The van der Waals surface area contributed by atoms with Gasteiger partial charge in [0.1, 0.15) is 0 Å². The van der Waals surface area contributed by atoms with Gasteiger partial charge in [-0.2, -0.15) is 0 Å². The third-order valence-corrected chi connectivity index (χ3v) is 3.86. The van der Waals surface area contributed by atoms with E-state index in [0.29, 0.717) is 11.8 Å². The summed E-state index contributed by atoms with van der Waals surface area (Å²) in [5, 5.41) is 9.07. The monoisotopic (exact) mass is 258 g/mol. The summed E-state index contributed by atoms with van der Waals surface area (Å²) in [4.78, 5) is 11.0. The van der Waals surface area contributed by atoms with Crippen LogP contribution < -0.4 is 0 Å². The average molecular weight is 258 g/mol. The molecule has 0 spiro atoms. The molecule has 2 rings (SSSR count). The minimum atomic E-state index is -0.729. The molecule has 102 valence electrons. The van der Waals surface area contributed by atoms with E-state index < -0.39 is 5.97 Å². The van der Waals surface area contributed by atoms with E-state index in [0.717, 1.165) is 0 Å². The quantitative estimate of drug-likeness (QED) is 0.862. The summed E-state index contributed by atoms with van der Waals surface area (Å²) in [5.41, 5.74) is 5.11. The molecule has 0 saturated carbocycles. The fourth-order valence-corrected chi connectivity index (χ4v) is 2.94. The van der Waals surface area contributed by atoms with Gasteiger partial charge in [-0.1, -0.05) is 52.0 Å². The number of carboxylic acid groups (broad SMARTS) is 1. The van der Waals surface area contributed by atoms with E-state index in [-0.39, 0.29) is 12.3 Å². The molecular weight excluding hydrogens is 236 g/mol. The summed E-state index contributed by atoms with van der Waals surface area (Å²) >= 11 is 0. The van der Waals surface area contributed by atoms with Crippen molar-refractivity contribution in [1.29, 1.82) is 0 Å². The van der Waals surface area contributed by atoms with Crippen LogP contribution in [-0.4, -0.2) is 11.1 Å². The van der Waals surface area contributed by atoms with Crippen molar-refractivity contribution < 1.29 is 9.90 Å². The fourth-order valence-electron chi connectivity index (χ4n) is 2.94. The maximum Gasteiger partial charge on any atom is 0.304 e. The summed E-state index contributed by atoms with van der Waals surface area (Å²) in [6.45, 7) is 8.70. The molecule has 1 aromatic carbocycles. The van der Waals surface area contributed by atoms with Gasteiger partial charge in [0.05, 0.1) is 6.42 Å². The molecule has 0 aliphatic heterocycles. The van der Waals surface area contributed by atoms with Crippen LogP contribution in [-0.2, 0) is 4.79 Å². The van der Waals surface area contributed by atoms with Crippen LogP contribution in [0.2, 0.25) is 0 Å². The first-order chi connectivity index (χ1) is 8.91. The van der Waals surface area contributed by atoms with Gasteiger partial charge in [0, 0.05) is 5.92 Å². The van der Waals surface area contributed by atoms with E-state index in [2.05, 4.69) is 52.0 Å². The lowest BCUT2D eigenvalue weighted by Crippen LogP contribution is -2.08. The Hall–Kier alpha value is -1.57. The van der Waals surface area contributed by atoms with Crippen molar-refractivity contribution >= 4 is 12.0 Å². The fraction of sp³-hybridized carbons (Fsp3) is 0.471. The van der Waals surface area contributed by atoms with Crippen LogP contribution in [0, 0.1) is 0 Å². The van der Waals surface area contributed by atoms with Crippen LogP contribution in [0.4, 0.5) is 0 Å². The van der Waals surface area contributed by atoms with Gasteiger partial charge in [0.2, 0.25) is 0 Å². The summed E-state index contributed by atoms with van der Waals surface area (Å²) in [6, 6.07) is 4.38. The van der Waals surface area contributed by atoms with Gasteiger partial charge >= 0.3 is 5.97 Å². The van der Waals surface area contributed by atoms with Crippen molar-refractivity contribution in [3.8, 4) is 0 Å². The Morgan fingerprint density at radius 1 is 1.16 bits per heavy atom. The topological polar surface area (TPSA) is 37.3 Å². The van der Waals surface area contributed by atoms with E-state index in [1.807, 2.05) is 0 Å². The van der Waals surface area contributed by atoms with E-state index in [9.17, 15) is 4.79 Å². The number of fused-ring (bicyclic) bond motifs is 1. The molecule has 0 amide bonds. The van der Waals surface area contributed by atoms with Crippen molar-refractivity contribution in [3.63, 3.8) is 0 Å². The molecule has 19 heavy (non-hydrogen) atoms. The highest BCUT2D eigenvalue weighted by Gasteiger charge is 2.26. The van der Waals surface area contributed by atoms with E-state index in [1.165, 1.54) is 22.3 Å². The van der Waals surface area contributed by atoms with Crippen LogP contribution in [0.15, 0.2) is 18.2 Å². The SMILES string of the molecule is CC(C)c1ccc(C(C)C)c2c1C=CC2CC(=O)O. The lowest BCUT2D eigenvalue weighted by Gasteiger charge is -2.20. The maximum atomic E-state index is 11.0. The summed E-state index contributed by atoms with van der Waals surface area (Å²) < 4.78 is 0. The second kappa shape index (κ2) is 5.20. The number of benzene rings is 1. The van der Waals surface area contributed by atoms with Gasteiger partial charge in [-0.3, -0.25) is 4.79 Å². The molecule has 2 heteroatoms. The third-order valence-electron chi connectivity index (χ3n) is 3.86. The minimum absolute atomic E-state index is 0.0311. The Morgan fingerprint density at radius 2 is 1.74 bits per heavy atom. The molecule has 0 aromatic heterocycles. The van der Waals surface area contributed by atoms with Crippen LogP contribution >= 0.6 is 0 Å². The lowest BCUT2D eigenvalue weighted by molar-refractivity contribution is -0.137. The number of hydrogen-bond donors (Lipinski definition) is 1. The zero-order chi connectivity index (χ0) is 14.2. The maximum absolute atomic E-state index is 11.0. The molecule has 1 unspecified atom stereocenters. The lowest BCUT2D eigenvalue weighted by atomic mass is 9.84. The van der Waals surface area contributed by atoms with Crippen molar-refractivity contribution in [1.82, 2.24) is 0 Å². The molecule has 0 heterocycles. The highest BCUT2D eigenvalue weighted by molar-refractivity contribution is 5.74. The zero-order valence-corrected chi connectivity index (χ0v) is 12.1. The first-order valence-corrected chi connectivity index (χ1v) is 6.98. The van der Waals surface area contributed by atoms with Gasteiger partial charge in [-0.25, -0.2) is 0 Å². The summed E-state index contributed by atoms with van der Waals surface area (Å²) in [6.07, 6.45) is 4.35. The number of allylic oxidation sites excluding steroid dienone is 1. The second-order valence-corrected chi connectivity index (χ2v) is 5.94. The predicted octanol–water partition coefficient (Wildman–Crippen LogP) is 4.52. The number of rotatable bonds is 4. The highest BCUT2D eigenvalue weighted by atomic mass is 16.4. The van der Waals surface area contributed by atoms with Crippen molar-refractivity contribution in [2.75, 3.05) is 0 Å². The van der Waals surface area contributed by atoms with E-state index in [4.69, 9.17) is 5.11 Å². The minimum Gasteiger partial charge on any atom is -0.481 e. The molecule has 2 nitrogen and oxygen atoms in total. The molecule has 0 saturated heterocycles. The van der Waals surface area contributed by atoms with Gasteiger partial charge < -0.3 is 5.11 Å². The second-order valence-electron chi connectivity index (χ2n) is 5.94. The van der Waals surface area contributed by atoms with Crippen LogP contribution in [0.25, 0.3) is 6.08 Å². The zero-order valence-electron chi connectivity index (χ0n) is 12.1. The summed E-state index contributed by atoms with van der Waals surface area (Å²) in [5.74, 6) is 0.185. The van der Waals surface area contributed by atoms with Crippen LogP contribution in [0.1, 0.15) is 74.1 Å². The molecular formula is C17H22O2. The Bertz CT molecular complexity index is 524. The summed E-state index contributed by atoms with van der Waals surface area (Å²) in [7, 11) is 0. The Labute approximate surface area is 115 Å². The first kappa shape index (κ1) is 13.9. The number of carbonyl (C=O) groups is 1. The number of carboxylic acids is 1. The molecule has 0 fully saturated rings. The normalized spacial score (nSPS) is 17.3.